The summed E-state index contributed by atoms with van der Waals surface area (Å²) in [6.07, 6.45) is 4.09. The molecule has 1 saturated heterocycles. The van der Waals surface area contributed by atoms with E-state index in [4.69, 9.17) is 5.73 Å². The maximum atomic E-state index is 12.1. The van der Waals surface area contributed by atoms with Crippen LogP contribution in [0.5, 0.6) is 0 Å². The Morgan fingerprint density at radius 1 is 1.71 bits per heavy atom. The molecule has 6 heteroatoms. The zero-order valence-electron chi connectivity index (χ0n) is 9.91. The Bertz CT molecular complexity index is 404. The number of aromatic nitrogens is 2. The van der Waals surface area contributed by atoms with Crippen molar-refractivity contribution >= 4 is 11.6 Å². The SMILES string of the molecule is CC1CCN(C(=O)Cn2cc(N)cn2)C1CO. The average molecular weight is 238 g/mol. The van der Waals surface area contributed by atoms with Crippen molar-refractivity contribution in [2.45, 2.75) is 25.9 Å². The lowest BCUT2D eigenvalue weighted by molar-refractivity contribution is -0.134. The molecule has 94 valence electrons. The van der Waals surface area contributed by atoms with Crippen molar-refractivity contribution in [1.82, 2.24) is 14.7 Å². The monoisotopic (exact) mass is 238 g/mol. The van der Waals surface area contributed by atoms with Crippen molar-refractivity contribution in [3.63, 3.8) is 0 Å². The number of nitrogens with two attached hydrogens (primary N) is 1. The lowest BCUT2D eigenvalue weighted by Crippen LogP contribution is -2.41. The average Bonchev–Trinajstić information content (AvgIpc) is 2.84. The van der Waals surface area contributed by atoms with Crippen LogP contribution in [0.15, 0.2) is 12.4 Å². The number of nitrogen functional groups attached to an aromatic ring is 1. The third-order valence-electron chi connectivity index (χ3n) is 3.34. The summed E-state index contributed by atoms with van der Waals surface area (Å²) in [7, 11) is 0. The zero-order valence-corrected chi connectivity index (χ0v) is 9.91. The number of carbonyl (C=O) groups is 1. The van der Waals surface area contributed by atoms with E-state index in [0.717, 1.165) is 6.42 Å². The van der Waals surface area contributed by atoms with E-state index < -0.39 is 0 Å². The highest BCUT2D eigenvalue weighted by atomic mass is 16.3. The fourth-order valence-corrected chi connectivity index (χ4v) is 2.29. The second-order valence-electron chi connectivity index (χ2n) is 4.57. The van der Waals surface area contributed by atoms with E-state index in [-0.39, 0.29) is 25.1 Å². The Morgan fingerprint density at radius 3 is 3.06 bits per heavy atom. The van der Waals surface area contributed by atoms with Crippen molar-refractivity contribution in [3.05, 3.63) is 12.4 Å². The number of aliphatic hydroxyl groups is 1. The molecule has 0 spiro atoms. The normalized spacial score (nSPS) is 24.2. The molecule has 2 rings (SSSR count). The van der Waals surface area contributed by atoms with Crippen LogP contribution in [-0.2, 0) is 11.3 Å². The maximum absolute atomic E-state index is 12.1. The number of likely N-dealkylation sites (tertiary alicyclic amines) is 1. The molecule has 2 heterocycles. The first-order chi connectivity index (χ1) is 8.11. The van der Waals surface area contributed by atoms with E-state index in [1.165, 1.54) is 10.9 Å². The van der Waals surface area contributed by atoms with Crippen LogP contribution >= 0.6 is 0 Å². The standard InChI is InChI=1S/C11H18N4O2/c1-8-2-3-15(10(8)7-16)11(17)6-14-5-9(12)4-13-14/h4-5,8,10,16H,2-3,6-7,12H2,1H3. The van der Waals surface area contributed by atoms with Crippen LogP contribution in [-0.4, -0.2) is 44.9 Å². The quantitative estimate of drug-likeness (QED) is 0.757. The fourth-order valence-electron chi connectivity index (χ4n) is 2.29. The highest BCUT2D eigenvalue weighted by Gasteiger charge is 2.33. The summed E-state index contributed by atoms with van der Waals surface area (Å²) in [5.74, 6) is 0.336. The highest BCUT2D eigenvalue weighted by Crippen LogP contribution is 2.23. The minimum absolute atomic E-state index is 0.0171. The van der Waals surface area contributed by atoms with Crippen molar-refractivity contribution in [2.24, 2.45) is 5.92 Å². The third-order valence-corrected chi connectivity index (χ3v) is 3.34. The number of hydrogen-bond acceptors (Lipinski definition) is 4. The van der Waals surface area contributed by atoms with E-state index in [9.17, 15) is 9.90 Å². The van der Waals surface area contributed by atoms with Crippen LogP contribution in [0.4, 0.5) is 5.69 Å². The predicted octanol–water partition coefficient (Wildman–Crippen LogP) is -0.305. The number of rotatable bonds is 3. The van der Waals surface area contributed by atoms with Gasteiger partial charge in [-0.15, -0.1) is 0 Å². The molecule has 3 N–H and O–H groups in total. The Morgan fingerprint density at radius 2 is 2.47 bits per heavy atom. The van der Waals surface area contributed by atoms with Gasteiger partial charge in [0.2, 0.25) is 5.91 Å². The van der Waals surface area contributed by atoms with E-state index in [1.807, 2.05) is 0 Å². The van der Waals surface area contributed by atoms with Crippen molar-refractivity contribution in [1.29, 1.82) is 0 Å². The maximum Gasteiger partial charge on any atom is 0.244 e. The van der Waals surface area contributed by atoms with Crippen molar-refractivity contribution in [2.75, 3.05) is 18.9 Å². The van der Waals surface area contributed by atoms with E-state index in [2.05, 4.69) is 12.0 Å². The minimum atomic E-state index is -0.0598. The molecule has 0 radical (unpaired) electrons. The zero-order chi connectivity index (χ0) is 12.4. The van der Waals surface area contributed by atoms with E-state index in [0.29, 0.717) is 18.2 Å². The Balaban J connectivity index is 2.00. The third kappa shape index (κ3) is 2.41. The molecule has 1 amide bonds. The second-order valence-corrected chi connectivity index (χ2v) is 4.57. The largest absolute Gasteiger partial charge is 0.396 e. The van der Waals surface area contributed by atoms with Crippen LogP contribution in [0.25, 0.3) is 0 Å². The molecule has 1 aromatic heterocycles. The minimum Gasteiger partial charge on any atom is -0.396 e. The summed E-state index contributed by atoms with van der Waals surface area (Å²) in [6.45, 7) is 2.97. The van der Waals surface area contributed by atoms with Crippen LogP contribution in [0, 0.1) is 5.92 Å². The Kier molecular flexibility index (Phi) is 3.33. The van der Waals surface area contributed by atoms with Gasteiger partial charge in [0.1, 0.15) is 6.54 Å². The van der Waals surface area contributed by atoms with Crippen molar-refractivity contribution < 1.29 is 9.90 Å². The van der Waals surface area contributed by atoms with Gasteiger partial charge in [0.05, 0.1) is 24.5 Å². The van der Waals surface area contributed by atoms with Gasteiger partial charge in [-0.25, -0.2) is 0 Å². The first-order valence-corrected chi connectivity index (χ1v) is 5.80. The number of aliphatic hydroxyl groups excluding tert-OH is 1. The predicted molar refractivity (Wildman–Crippen MR) is 63.0 cm³/mol. The van der Waals surface area contributed by atoms with Crippen LogP contribution in [0.3, 0.4) is 0 Å². The van der Waals surface area contributed by atoms with E-state index in [1.54, 1.807) is 11.1 Å². The summed E-state index contributed by atoms with van der Waals surface area (Å²) in [6, 6.07) is -0.0598. The number of hydrogen-bond donors (Lipinski definition) is 2. The molecule has 0 aromatic carbocycles. The number of nitrogens with zero attached hydrogens (tertiary/aromatic N) is 3. The first-order valence-electron chi connectivity index (χ1n) is 5.80. The Labute approximate surface area is 100 Å². The smallest absolute Gasteiger partial charge is 0.244 e. The lowest BCUT2D eigenvalue weighted by Gasteiger charge is -2.25. The summed E-state index contributed by atoms with van der Waals surface area (Å²) in [5, 5.41) is 13.3. The summed E-state index contributed by atoms with van der Waals surface area (Å²) in [4.78, 5) is 13.8. The van der Waals surface area contributed by atoms with Crippen molar-refractivity contribution in [3.8, 4) is 0 Å². The Hall–Kier alpha value is -1.56. The molecule has 2 atom stereocenters. The van der Waals surface area contributed by atoms with Gasteiger partial charge in [-0.2, -0.15) is 5.10 Å². The summed E-state index contributed by atoms with van der Waals surface area (Å²) < 4.78 is 1.52. The number of amides is 1. The molecule has 1 aliphatic heterocycles. The topological polar surface area (TPSA) is 84.4 Å². The van der Waals surface area contributed by atoms with Gasteiger partial charge in [0.15, 0.2) is 0 Å². The summed E-state index contributed by atoms with van der Waals surface area (Å²) in [5.41, 5.74) is 6.08. The molecule has 0 saturated carbocycles. The molecule has 6 nitrogen and oxygen atoms in total. The van der Waals surface area contributed by atoms with Gasteiger partial charge in [-0.3, -0.25) is 9.48 Å². The van der Waals surface area contributed by atoms with Crippen LogP contribution < -0.4 is 5.73 Å². The van der Waals surface area contributed by atoms with Crippen LogP contribution in [0.1, 0.15) is 13.3 Å². The molecule has 0 aliphatic carbocycles. The van der Waals surface area contributed by atoms with Gasteiger partial charge < -0.3 is 15.7 Å². The molecule has 17 heavy (non-hydrogen) atoms. The van der Waals surface area contributed by atoms with Gasteiger partial charge in [0.25, 0.3) is 0 Å². The fraction of sp³-hybridized carbons (Fsp3) is 0.636. The van der Waals surface area contributed by atoms with Crippen LogP contribution in [0.2, 0.25) is 0 Å². The number of carbonyl (C=O) groups excluding carboxylic acids is 1. The second kappa shape index (κ2) is 4.75. The molecule has 1 fully saturated rings. The van der Waals surface area contributed by atoms with Gasteiger partial charge in [-0.1, -0.05) is 6.92 Å². The first kappa shape index (κ1) is 11.9. The van der Waals surface area contributed by atoms with Gasteiger partial charge >= 0.3 is 0 Å². The molecule has 0 bridgehead atoms. The van der Waals surface area contributed by atoms with E-state index >= 15 is 0 Å². The lowest BCUT2D eigenvalue weighted by atomic mass is 10.0. The summed E-state index contributed by atoms with van der Waals surface area (Å²) >= 11 is 0. The molecule has 1 aromatic rings. The highest BCUT2D eigenvalue weighted by molar-refractivity contribution is 5.76. The molecule has 1 aliphatic rings. The van der Waals surface area contributed by atoms with Gasteiger partial charge in [-0.05, 0) is 12.3 Å². The van der Waals surface area contributed by atoms with Gasteiger partial charge in [0, 0.05) is 12.7 Å². The molecular weight excluding hydrogens is 220 g/mol. The molecular formula is C11H18N4O2. The molecule has 2 unspecified atom stereocenters. The number of anilines is 1.